The van der Waals surface area contributed by atoms with E-state index >= 15 is 0 Å². The lowest BCUT2D eigenvalue weighted by Crippen LogP contribution is -2.34. The highest BCUT2D eigenvalue weighted by atomic mass is 32.2. The zero-order chi connectivity index (χ0) is 17.2. The van der Waals surface area contributed by atoms with E-state index in [0.717, 1.165) is 35.8 Å². The van der Waals surface area contributed by atoms with E-state index in [1.807, 2.05) is 58.6 Å². The van der Waals surface area contributed by atoms with Gasteiger partial charge in [-0.3, -0.25) is 9.48 Å². The van der Waals surface area contributed by atoms with Gasteiger partial charge < -0.3 is 4.90 Å². The molecule has 0 aliphatic carbocycles. The molecule has 0 N–H and O–H groups in total. The molecule has 0 radical (unpaired) electrons. The summed E-state index contributed by atoms with van der Waals surface area (Å²) in [5, 5.41) is 9.19. The molecule has 1 unspecified atom stereocenters. The maximum Gasteiger partial charge on any atom is 0.272 e. The highest BCUT2D eigenvalue weighted by Crippen LogP contribution is 2.37. The Hall–Kier alpha value is -1.57. The van der Waals surface area contributed by atoms with Crippen LogP contribution in [0, 0.1) is 0 Å². The van der Waals surface area contributed by atoms with Crippen LogP contribution in [0.25, 0.3) is 10.6 Å². The molecule has 1 atom stereocenters. The third-order valence-corrected chi connectivity index (χ3v) is 7.70. The Bertz CT molecular complexity index is 839. The lowest BCUT2D eigenvalue weighted by Gasteiger charge is -2.20. The van der Waals surface area contributed by atoms with Gasteiger partial charge in [0, 0.05) is 36.0 Å². The molecule has 25 heavy (non-hydrogen) atoms. The zero-order valence-corrected chi connectivity index (χ0v) is 16.4. The van der Waals surface area contributed by atoms with Gasteiger partial charge in [0.25, 0.3) is 5.91 Å². The van der Waals surface area contributed by atoms with Crippen LogP contribution in [-0.4, -0.2) is 39.4 Å². The Kier molecular flexibility index (Phi) is 4.96. The van der Waals surface area contributed by atoms with Gasteiger partial charge in [-0.25, -0.2) is 0 Å². The Morgan fingerprint density at radius 1 is 1.20 bits per heavy atom. The van der Waals surface area contributed by atoms with Crippen molar-refractivity contribution in [2.24, 2.45) is 7.05 Å². The maximum atomic E-state index is 13.0. The zero-order valence-electron chi connectivity index (χ0n) is 13.9. The van der Waals surface area contributed by atoms with E-state index < -0.39 is 0 Å². The lowest BCUT2D eigenvalue weighted by atomic mass is 10.2. The van der Waals surface area contributed by atoms with Crippen LogP contribution in [0.15, 0.2) is 41.1 Å². The summed E-state index contributed by atoms with van der Waals surface area (Å²) in [6.07, 6.45) is 1.01. The minimum Gasteiger partial charge on any atom is -0.336 e. The van der Waals surface area contributed by atoms with Crippen LogP contribution in [0.1, 0.15) is 27.0 Å². The van der Waals surface area contributed by atoms with Gasteiger partial charge in [-0.15, -0.1) is 22.7 Å². The van der Waals surface area contributed by atoms with Gasteiger partial charge in [-0.1, -0.05) is 12.1 Å². The largest absolute Gasteiger partial charge is 0.336 e. The van der Waals surface area contributed by atoms with Crippen molar-refractivity contribution in [3.63, 3.8) is 0 Å². The average molecular weight is 390 g/mol. The summed E-state index contributed by atoms with van der Waals surface area (Å²) in [4.78, 5) is 17.5. The lowest BCUT2D eigenvalue weighted by molar-refractivity contribution is 0.0755. The van der Waals surface area contributed by atoms with Crippen molar-refractivity contribution in [3.8, 4) is 10.6 Å². The van der Waals surface area contributed by atoms with Crippen molar-refractivity contribution < 1.29 is 4.79 Å². The first kappa shape index (κ1) is 16.9. The third kappa shape index (κ3) is 3.54. The predicted octanol–water partition coefficient (Wildman–Crippen LogP) is 4.53. The smallest absolute Gasteiger partial charge is 0.272 e. The summed E-state index contributed by atoms with van der Waals surface area (Å²) in [5.41, 5.74) is 1.55. The Morgan fingerprint density at radius 2 is 2.04 bits per heavy atom. The third-order valence-electron chi connectivity index (χ3n) is 4.36. The van der Waals surface area contributed by atoms with Gasteiger partial charge in [0.1, 0.15) is 11.4 Å². The summed E-state index contributed by atoms with van der Waals surface area (Å²) in [7, 11) is 1.85. The number of thioether (sulfide) groups is 1. The van der Waals surface area contributed by atoms with Crippen molar-refractivity contribution in [1.29, 1.82) is 0 Å². The monoisotopic (exact) mass is 389 g/mol. The first-order chi connectivity index (χ1) is 12.2. The molecule has 7 heteroatoms. The number of thiophene rings is 2. The molecular weight excluding hydrogens is 370 g/mol. The van der Waals surface area contributed by atoms with E-state index in [-0.39, 0.29) is 5.91 Å². The Morgan fingerprint density at radius 3 is 2.80 bits per heavy atom. The molecule has 0 bridgehead atoms. The number of carbonyl (C=O) groups excluding carboxylic acids is 1. The topological polar surface area (TPSA) is 38.1 Å². The van der Waals surface area contributed by atoms with E-state index in [2.05, 4.69) is 22.6 Å². The van der Waals surface area contributed by atoms with E-state index in [9.17, 15) is 4.79 Å². The van der Waals surface area contributed by atoms with E-state index in [1.165, 1.54) is 4.88 Å². The molecule has 4 rings (SSSR count). The van der Waals surface area contributed by atoms with E-state index in [0.29, 0.717) is 10.9 Å². The molecule has 130 valence electrons. The molecule has 0 saturated carbocycles. The summed E-state index contributed by atoms with van der Waals surface area (Å²) in [6, 6.07) is 10.3. The molecule has 3 aromatic heterocycles. The number of aromatic nitrogens is 2. The van der Waals surface area contributed by atoms with Crippen LogP contribution in [0.4, 0.5) is 0 Å². The molecular formula is C18H19N3OS3. The average Bonchev–Trinajstić information content (AvgIpc) is 3.34. The van der Waals surface area contributed by atoms with Gasteiger partial charge in [0.15, 0.2) is 0 Å². The molecule has 1 aliphatic heterocycles. The fraction of sp³-hybridized carbons (Fsp3) is 0.333. The van der Waals surface area contributed by atoms with Crippen molar-refractivity contribution in [2.45, 2.75) is 11.7 Å². The molecule has 1 fully saturated rings. The fourth-order valence-electron chi connectivity index (χ4n) is 3.05. The molecule has 0 aromatic carbocycles. The van der Waals surface area contributed by atoms with Crippen LogP contribution < -0.4 is 0 Å². The minimum atomic E-state index is 0.0882. The molecule has 4 nitrogen and oxygen atoms in total. The maximum absolute atomic E-state index is 13.0. The normalized spacial score (nSPS) is 18.3. The molecule has 4 heterocycles. The van der Waals surface area contributed by atoms with Crippen LogP contribution >= 0.6 is 34.4 Å². The van der Waals surface area contributed by atoms with Gasteiger partial charge >= 0.3 is 0 Å². The van der Waals surface area contributed by atoms with Crippen LogP contribution in [0.2, 0.25) is 0 Å². The number of rotatable bonds is 3. The number of hydrogen-bond acceptors (Lipinski definition) is 5. The highest BCUT2D eigenvalue weighted by Gasteiger charge is 2.25. The van der Waals surface area contributed by atoms with Gasteiger partial charge in [0.2, 0.25) is 0 Å². The summed E-state index contributed by atoms with van der Waals surface area (Å²) in [5.74, 6) is 1.06. The second kappa shape index (κ2) is 7.35. The molecule has 0 spiro atoms. The number of amides is 1. The van der Waals surface area contributed by atoms with Gasteiger partial charge in [-0.05, 0) is 35.4 Å². The Balaban J connectivity index is 1.49. The van der Waals surface area contributed by atoms with Gasteiger partial charge in [0.05, 0.1) is 4.88 Å². The van der Waals surface area contributed by atoms with Crippen LogP contribution in [0.5, 0.6) is 0 Å². The SMILES string of the molecule is Cn1nc(-c2cccs2)cc1C(=O)N1CCSC(c2cccs2)CC1. The molecule has 1 aliphatic rings. The Labute approximate surface area is 159 Å². The number of aryl methyl sites for hydroxylation is 1. The van der Waals surface area contributed by atoms with E-state index in [4.69, 9.17) is 0 Å². The molecule has 1 saturated heterocycles. The molecule has 1 amide bonds. The van der Waals surface area contributed by atoms with Crippen molar-refractivity contribution in [1.82, 2.24) is 14.7 Å². The highest BCUT2D eigenvalue weighted by molar-refractivity contribution is 7.99. The van der Waals surface area contributed by atoms with Crippen LogP contribution in [0.3, 0.4) is 0 Å². The number of carbonyl (C=O) groups is 1. The van der Waals surface area contributed by atoms with Gasteiger partial charge in [-0.2, -0.15) is 16.9 Å². The summed E-state index contributed by atoms with van der Waals surface area (Å²) < 4.78 is 1.71. The van der Waals surface area contributed by atoms with E-state index in [1.54, 1.807) is 16.0 Å². The first-order valence-electron chi connectivity index (χ1n) is 8.24. The number of nitrogens with zero attached hydrogens (tertiary/aromatic N) is 3. The van der Waals surface area contributed by atoms with Crippen molar-refractivity contribution in [2.75, 3.05) is 18.8 Å². The first-order valence-corrected chi connectivity index (χ1v) is 11.1. The van der Waals surface area contributed by atoms with Crippen molar-refractivity contribution in [3.05, 3.63) is 51.7 Å². The predicted molar refractivity (Wildman–Crippen MR) is 107 cm³/mol. The van der Waals surface area contributed by atoms with Crippen LogP contribution in [-0.2, 0) is 7.05 Å². The fourth-order valence-corrected chi connectivity index (χ4v) is 5.97. The summed E-state index contributed by atoms with van der Waals surface area (Å²) in [6.45, 7) is 1.60. The number of hydrogen-bond donors (Lipinski definition) is 0. The standard InChI is InChI=1S/C18H19N3OS3/c1-20-14(12-13(19-20)15-4-2-9-23-15)18(22)21-7-6-17(25-11-8-21)16-5-3-10-24-16/h2-5,9-10,12,17H,6-8,11H2,1H3. The minimum absolute atomic E-state index is 0.0882. The molecule has 3 aromatic rings. The van der Waals surface area contributed by atoms with Crippen molar-refractivity contribution >= 4 is 40.3 Å². The second-order valence-corrected chi connectivity index (χ2v) is 9.21. The summed E-state index contributed by atoms with van der Waals surface area (Å²) >= 11 is 5.42. The second-order valence-electron chi connectivity index (χ2n) is 5.97. The quantitative estimate of drug-likeness (QED) is 0.660.